The van der Waals surface area contributed by atoms with Gasteiger partial charge >= 0.3 is 11.9 Å². The Labute approximate surface area is 145 Å². The van der Waals surface area contributed by atoms with Crippen molar-refractivity contribution in [2.75, 3.05) is 0 Å². The van der Waals surface area contributed by atoms with Gasteiger partial charge < -0.3 is 9.47 Å². The monoisotopic (exact) mass is 349 g/mol. The van der Waals surface area contributed by atoms with Gasteiger partial charge in [-0.2, -0.15) is 5.10 Å². The SMILES string of the molecule is Cn1cc(CCC(=O)OCc2cn(CC(=O)OC(C)(C)C)nn2)cn1. The Bertz CT molecular complexity index is 729. The van der Waals surface area contributed by atoms with E-state index < -0.39 is 11.6 Å². The Morgan fingerprint density at radius 1 is 1.20 bits per heavy atom. The molecule has 0 saturated carbocycles. The van der Waals surface area contributed by atoms with Gasteiger partial charge in [0.15, 0.2) is 0 Å². The standard InChI is InChI=1S/C16H23N5O4/c1-16(2,3)25-15(23)10-21-9-13(18-19-21)11-24-14(22)6-5-12-7-17-20(4)8-12/h7-9H,5-6,10-11H2,1-4H3. The predicted octanol–water partition coefficient (Wildman–Crippen LogP) is 1.03. The van der Waals surface area contributed by atoms with Crippen LogP contribution in [0.15, 0.2) is 18.6 Å². The average Bonchev–Trinajstić information content (AvgIpc) is 3.10. The van der Waals surface area contributed by atoms with Crippen molar-refractivity contribution in [1.29, 1.82) is 0 Å². The third kappa shape index (κ3) is 6.74. The summed E-state index contributed by atoms with van der Waals surface area (Å²) in [7, 11) is 1.82. The molecule has 0 fully saturated rings. The van der Waals surface area contributed by atoms with E-state index in [-0.39, 0.29) is 25.5 Å². The fourth-order valence-corrected chi connectivity index (χ4v) is 2.06. The number of carbonyl (C=O) groups is 2. The van der Waals surface area contributed by atoms with Crippen LogP contribution in [0.3, 0.4) is 0 Å². The molecule has 0 bridgehead atoms. The molecule has 0 atom stereocenters. The van der Waals surface area contributed by atoms with Crippen LogP contribution in [0.25, 0.3) is 0 Å². The van der Waals surface area contributed by atoms with E-state index >= 15 is 0 Å². The van der Waals surface area contributed by atoms with Crippen molar-refractivity contribution in [3.63, 3.8) is 0 Å². The van der Waals surface area contributed by atoms with Crippen molar-refractivity contribution < 1.29 is 19.1 Å². The van der Waals surface area contributed by atoms with Gasteiger partial charge in [-0.25, -0.2) is 4.68 Å². The number of aromatic nitrogens is 5. The maximum atomic E-state index is 11.8. The quantitative estimate of drug-likeness (QED) is 0.688. The lowest BCUT2D eigenvalue weighted by Gasteiger charge is -2.19. The van der Waals surface area contributed by atoms with Crippen LogP contribution >= 0.6 is 0 Å². The van der Waals surface area contributed by atoms with Crippen LogP contribution in [0, 0.1) is 0 Å². The molecule has 2 aromatic heterocycles. The Morgan fingerprint density at radius 3 is 2.60 bits per heavy atom. The van der Waals surface area contributed by atoms with Gasteiger partial charge in [-0.3, -0.25) is 14.3 Å². The molecule has 0 radical (unpaired) electrons. The van der Waals surface area contributed by atoms with Gasteiger partial charge in [-0.1, -0.05) is 5.21 Å². The van der Waals surface area contributed by atoms with E-state index in [1.165, 1.54) is 4.68 Å². The zero-order valence-corrected chi connectivity index (χ0v) is 14.9. The third-order valence-electron chi connectivity index (χ3n) is 3.05. The Balaban J connectivity index is 1.73. The molecular weight excluding hydrogens is 326 g/mol. The molecule has 0 aliphatic rings. The van der Waals surface area contributed by atoms with E-state index in [1.807, 2.05) is 13.2 Å². The Kier molecular flexibility index (Phi) is 5.89. The summed E-state index contributed by atoms with van der Waals surface area (Å²) in [6, 6.07) is 0. The molecule has 0 aliphatic carbocycles. The molecule has 2 rings (SSSR count). The predicted molar refractivity (Wildman–Crippen MR) is 87.2 cm³/mol. The van der Waals surface area contributed by atoms with Crippen LogP contribution in [0.2, 0.25) is 0 Å². The summed E-state index contributed by atoms with van der Waals surface area (Å²) in [5, 5.41) is 11.7. The number of hydrogen-bond acceptors (Lipinski definition) is 7. The van der Waals surface area contributed by atoms with Crippen LogP contribution in [-0.2, 0) is 45.7 Å². The molecule has 0 aromatic carbocycles. The van der Waals surface area contributed by atoms with Gasteiger partial charge in [0.2, 0.25) is 0 Å². The highest BCUT2D eigenvalue weighted by Gasteiger charge is 2.17. The first kappa shape index (κ1) is 18.6. The highest BCUT2D eigenvalue weighted by atomic mass is 16.6. The Hall–Kier alpha value is -2.71. The average molecular weight is 349 g/mol. The van der Waals surface area contributed by atoms with Crippen LogP contribution in [0.1, 0.15) is 38.4 Å². The van der Waals surface area contributed by atoms with Gasteiger partial charge in [0.25, 0.3) is 0 Å². The van der Waals surface area contributed by atoms with Gasteiger partial charge in [0, 0.05) is 19.7 Å². The molecule has 0 aliphatic heterocycles. The second-order valence-electron chi connectivity index (χ2n) is 6.68. The maximum Gasteiger partial charge on any atom is 0.328 e. The van der Waals surface area contributed by atoms with Gasteiger partial charge in [-0.15, -0.1) is 5.10 Å². The van der Waals surface area contributed by atoms with Crippen LogP contribution in [0.4, 0.5) is 0 Å². The van der Waals surface area contributed by atoms with E-state index in [9.17, 15) is 9.59 Å². The van der Waals surface area contributed by atoms with Gasteiger partial charge in [0.1, 0.15) is 24.4 Å². The van der Waals surface area contributed by atoms with E-state index in [0.717, 1.165) is 5.56 Å². The van der Waals surface area contributed by atoms with Crippen molar-refractivity contribution >= 4 is 11.9 Å². The van der Waals surface area contributed by atoms with Gasteiger partial charge in [-0.05, 0) is 32.8 Å². The van der Waals surface area contributed by atoms with Crippen molar-refractivity contribution in [2.45, 2.75) is 52.4 Å². The van der Waals surface area contributed by atoms with Crippen molar-refractivity contribution in [3.8, 4) is 0 Å². The molecule has 9 heteroatoms. The number of hydrogen-bond donors (Lipinski definition) is 0. The van der Waals surface area contributed by atoms with Crippen molar-refractivity contribution in [3.05, 3.63) is 29.8 Å². The second-order valence-corrected chi connectivity index (χ2v) is 6.68. The van der Waals surface area contributed by atoms with Crippen molar-refractivity contribution in [1.82, 2.24) is 24.8 Å². The first-order valence-electron chi connectivity index (χ1n) is 7.95. The lowest BCUT2D eigenvalue weighted by Crippen LogP contribution is -2.26. The normalized spacial score (nSPS) is 11.4. The number of nitrogens with zero attached hydrogens (tertiary/aromatic N) is 5. The molecule has 0 amide bonds. The first-order valence-corrected chi connectivity index (χ1v) is 7.95. The van der Waals surface area contributed by atoms with Crippen LogP contribution in [-0.4, -0.2) is 42.3 Å². The zero-order chi connectivity index (χ0) is 18.4. The minimum Gasteiger partial charge on any atom is -0.459 e. The van der Waals surface area contributed by atoms with Crippen LogP contribution in [0.5, 0.6) is 0 Å². The number of aryl methyl sites for hydroxylation is 2. The molecule has 9 nitrogen and oxygen atoms in total. The Morgan fingerprint density at radius 2 is 1.96 bits per heavy atom. The number of esters is 2. The minimum atomic E-state index is -0.551. The lowest BCUT2D eigenvalue weighted by molar-refractivity contribution is -0.155. The van der Waals surface area contributed by atoms with Crippen LogP contribution < -0.4 is 0 Å². The largest absolute Gasteiger partial charge is 0.459 e. The smallest absolute Gasteiger partial charge is 0.328 e. The topological polar surface area (TPSA) is 101 Å². The maximum absolute atomic E-state index is 11.8. The first-order chi connectivity index (χ1) is 11.7. The number of ether oxygens (including phenoxy) is 2. The summed E-state index contributed by atoms with van der Waals surface area (Å²) in [6.45, 7) is 5.35. The molecule has 0 N–H and O–H groups in total. The highest BCUT2D eigenvalue weighted by molar-refractivity contribution is 5.70. The molecule has 136 valence electrons. The molecule has 2 aromatic rings. The minimum absolute atomic E-state index is 0.0141. The van der Waals surface area contributed by atoms with E-state index in [0.29, 0.717) is 12.1 Å². The third-order valence-corrected chi connectivity index (χ3v) is 3.05. The second kappa shape index (κ2) is 7.91. The fourth-order valence-electron chi connectivity index (χ4n) is 2.06. The molecule has 2 heterocycles. The van der Waals surface area contributed by atoms with Crippen molar-refractivity contribution in [2.24, 2.45) is 7.05 Å². The summed E-state index contributed by atoms with van der Waals surface area (Å²) in [4.78, 5) is 23.5. The highest BCUT2D eigenvalue weighted by Crippen LogP contribution is 2.08. The summed E-state index contributed by atoms with van der Waals surface area (Å²) in [5.74, 6) is -0.733. The number of carbonyl (C=O) groups excluding carboxylic acids is 2. The number of rotatable bonds is 7. The molecule has 0 spiro atoms. The zero-order valence-electron chi connectivity index (χ0n) is 14.9. The summed E-state index contributed by atoms with van der Waals surface area (Å²) in [6.07, 6.45) is 5.96. The van der Waals surface area contributed by atoms with Gasteiger partial charge in [0.05, 0.1) is 12.4 Å². The van der Waals surface area contributed by atoms with E-state index in [2.05, 4.69) is 15.4 Å². The lowest BCUT2D eigenvalue weighted by atomic mass is 10.2. The molecule has 0 unspecified atom stereocenters. The van der Waals surface area contributed by atoms with E-state index in [1.54, 1.807) is 37.8 Å². The fraction of sp³-hybridized carbons (Fsp3) is 0.562. The summed E-state index contributed by atoms with van der Waals surface area (Å²) >= 11 is 0. The molecule has 25 heavy (non-hydrogen) atoms. The molecule has 0 saturated heterocycles. The summed E-state index contributed by atoms with van der Waals surface area (Å²) in [5.41, 5.74) is 0.894. The van der Waals surface area contributed by atoms with E-state index in [4.69, 9.17) is 9.47 Å². The molecular formula is C16H23N5O4. The summed E-state index contributed by atoms with van der Waals surface area (Å²) < 4.78 is 13.4.